The van der Waals surface area contributed by atoms with Crippen LogP contribution in [0.3, 0.4) is 0 Å². The molecule has 0 amide bonds. The van der Waals surface area contributed by atoms with E-state index in [2.05, 4.69) is 12.3 Å². The lowest BCUT2D eigenvalue weighted by atomic mass is 9.79. The Morgan fingerprint density at radius 2 is 1.46 bits per heavy atom. The van der Waals surface area contributed by atoms with Crippen LogP contribution in [-0.4, -0.2) is 4.98 Å². The molecule has 0 unspecified atom stereocenters. The van der Waals surface area contributed by atoms with E-state index in [9.17, 15) is 0 Å². The van der Waals surface area contributed by atoms with Crippen LogP contribution in [-0.2, 0) is 0 Å². The van der Waals surface area contributed by atoms with Crippen molar-refractivity contribution in [3.05, 3.63) is 51.6 Å². The van der Waals surface area contributed by atoms with Crippen LogP contribution < -0.4 is 0 Å². The predicted molar refractivity (Wildman–Crippen MR) is 110 cm³/mol. The standard InChI is InChI=1S/C23H26Cl2N/c24-21-12-11-18(14-22(21)25)23-20(17-9-5-2-6-10-17)13-19(15-26-23)16-7-3-1-4-8-16/h11-12,14-17H,1-10H2. The Balaban J connectivity index is 1.74. The molecule has 1 nitrogen and oxygen atoms in total. The number of benzene rings is 1. The van der Waals surface area contributed by atoms with Gasteiger partial charge in [0.15, 0.2) is 0 Å². The lowest BCUT2D eigenvalue weighted by Gasteiger charge is -2.27. The van der Waals surface area contributed by atoms with Gasteiger partial charge in [0.2, 0.25) is 0 Å². The van der Waals surface area contributed by atoms with Gasteiger partial charge in [0.05, 0.1) is 15.7 Å². The Hall–Kier alpha value is -1.05. The highest BCUT2D eigenvalue weighted by Gasteiger charge is 2.24. The first-order chi connectivity index (χ1) is 12.7. The Morgan fingerprint density at radius 3 is 2.12 bits per heavy atom. The summed E-state index contributed by atoms with van der Waals surface area (Å²) in [5.41, 5.74) is 4.75. The van der Waals surface area contributed by atoms with E-state index in [-0.39, 0.29) is 0 Å². The highest BCUT2D eigenvalue weighted by molar-refractivity contribution is 6.42. The molecule has 4 rings (SSSR count). The van der Waals surface area contributed by atoms with E-state index < -0.39 is 0 Å². The zero-order valence-electron chi connectivity index (χ0n) is 15.2. The summed E-state index contributed by atoms with van der Waals surface area (Å²) >= 11 is 12.4. The van der Waals surface area contributed by atoms with Crippen LogP contribution >= 0.6 is 23.2 Å². The molecular weight excluding hydrogens is 361 g/mol. The van der Waals surface area contributed by atoms with Gasteiger partial charge in [-0.25, -0.2) is 0 Å². The fourth-order valence-electron chi connectivity index (χ4n) is 4.63. The van der Waals surface area contributed by atoms with Crippen LogP contribution in [0.1, 0.15) is 87.2 Å². The topological polar surface area (TPSA) is 12.9 Å². The molecule has 26 heavy (non-hydrogen) atoms. The second-order valence-electron chi connectivity index (χ2n) is 7.90. The van der Waals surface area contributed by atoms with Crippen molar-refractivity contribution in [1.82, 2.24) is 4.98 Å². The summed E-state index contributed by atoms with van der Waals surface area (Å²) in [6.45, 7) is 0. The predicted octanol–water partition coefficient (Wildman–Crippen LogP) is 7.95. The number of hydrogen-bond acceptors (Lipinski definition) is 1. The van der Waals surface area contributed by atoms with Gasteiger partial charge in [0, 0.05) is 11.8 Å². The number of halogens is 2. The van der Waals surface area contributed by atoms with E-state index in [1.165, 1.54) is 75.3 Å². The van der Waals surface area contributed by atoms with Crippen molar-refractivity contribution in [3.63, 3.8) is 0 Å². The summed E-state index contributed by atoms with van der Waals surface area (Å²) in [5.74, 6) is 1.21. The summed E-state index contributed by atoms with van der Waals surface area (Å²) in [7, 11) is 0. The van der Waals surface area contributed by atoms with E-state index in [4.69, 9.17) is 28.2 Å². The second-order valence-corrected chi connectivity index (χ2v) is 8.71. The monoisotopic (exact) mass is 386 g/mol. The maximum Gasteiger partial charge on any atom is 0.0743 e. The highest BCUT2D eigenvalue weighted by atomic mass is 35.5. The molecular formula is C23H26Cl2N. The van der Waals surface area contributed by atoms with Gasteiger partial charge in [-0.05, 0) is 66.8 Å². The number of hydrogen-bond donors (Lipinski definition) is 0. The second kappa shape index (κ2) is 8.31. The number of pyridine rings is 1. The average Bonchev–Trinajstić information content (AvgIpc) is 2.71. The molecule has 0 spiro atoms. The number of nitrogens with zero attached hydrogens (tertiary/aromatic N) is 1. The molecule has 137 valence electrons. The van der Waals surface area contributed by atoms with Gasteiger partial charge in [0.25, 0.3) is 0 Å². The molecule has 2 saturated carbocycles. The quantitative estimate of drug-likeness (QED) is 0.521. The first-order valence-electron chi connectivity index (χ1n) is 10.1. The van der Waals surface area contributed by atoms with Gasteiger partial charge in [-0.2, -0.15) is 0 Å². The van der Waals surface area contributed by atoms with Crippen LogP contribution in [0.4, 0.5) is 0 Å². The van der Waals surface area contributed by atoms with Gasteiger partial charge in [0.1, 0.15) is 0 Å². The maximum absolute atomic E-state index is 6.28. The van der Waals surface area contributed by atoms with Gasteiger partial charge < -0.3 is 0 Å². The Labute approximate surface area is 167 Å². The summed E-state index contributed by atoms with van der Waals surface area (Å²) in [6.07, 6.45) is 15.2. The minimum atomic E-state index is 0.573. The van der Waals surface area contributed by atoms with Crippen molar-refractivity contribution in [2.24, 2.45) is 0 Å². The summed E-state index contributed by atoms with van der Waals surface area (Å²) in [5, 5.41) is 1.19. The van der Waals surface area contributed by atoms with Crippen molar-refractivity contribution in [2.45, 2.75) is 76.0 Å². The van der Waals surface area contributed by atoms with Crippen LogP contribution in [0.25, 0.3) is 11.3 Å². The lowest BCUT2D eigenvalue weighted by Crippen LogP contribution is -2.11. The summed E-state index contributed by atoms with van der Waals surface area (Å²) < 4.78 is 0. The van der Waals surface area contributed by atoms with Gasteiger partial charge >= 0.3 is 0 Å². The minimum Gasteiger partial charge on any atom is -0.256 e. The normalized spacial score (nSPS) is 19.6. The fourth-order valence-corrected chi connectivity index (χ4v) is 4.93. The van der Waals surface area contributed by atoms with Gasteiger partial charge in [-0.3, -0.25) is 4.98 Å². The molecule has 3 heteroatoms. The summed E-state index contributed by atoms with van der Waals surface area (Å²) in [6, 6.07) is 9.71. The summed E-state index contributed by atoms with van der Waals surface area (Å²) in [4.78, 5) is 4.94. The van der Waals surface area contributed by atoms with Gasteiger partial charge in [-0.15, -0.1) is 0 Å². The molecule has 2 aliphatic rings. The number of aromatic nitrogens is 1. The SMILES string of the molecule is Clc1ccc(-c2ncc(C3CCCCC3)[c]c2C2CCCCC2)cc1Cl. The molecule has 2 aromatic rings. The molecule has 1 aromatic heterocycles. The van der Waals surface area contributed by atoms with Crippen LogP contribution in [0.2, 0.25) is 10.0 Å². The molecule has 1 aromatic carbocycles. The third-order valence-electron chi connectivity index (χ3n) is 6.12. The zero-order valence-corrected chi connectivity index (χ0v) is 16.8. The minimum absolute atomic E-state index is 0.573. The van der Waals surface area contributed by atoms with Crippen molar-refractivity contribution >= 4 is 23.2 Å². The van der Waals surface area contributed by atoms with Crippen molar-refractivity contribution in [1.29, 1.82) is 0 Å². The van der Waals surface area contributed by atoms with Crippen LogP contribution in [0, 0.1) is 6.07 Å². The van der Waals surface area contributed by atoms with Crippen molar-refractivity contribution < 1.29 is 0 Å². The zero-order chi connectivity index (χ0) is 17.9. The van der Waals surface area contributed by atoms with E-state index in [1.54, 1.807) is 0 Å². The molecule has 0 atom stereocenters. The van der Waals surface area contributed by atoms with E-state index in [1.807, 2.05) is 18.2 Å². The van der Waals surface area contributed by atoms with Crippen LogP contribution in [0.15, 0.2) is 24.4 Å². The highest BCUT2D eigenvalue weighted by Crippen LogP contribution is 2.41. The van der Waals surface area contributed by atoms with E-state index in [0.29, 0.717) is 21.9 Å². The molecule has 0 bridgehead atoms. The fraction of sp³-hybridized carbons (Fsp3) is 0.522. The smallest absolute Gasteiger partial charge is 0.0743 e. The van der Waals surface area contributed by atoms with Crippen LogP contribution in [0.5, 0.6) is 0 Å². The van der Waals surface area contributed by atoms with E-state index in [0.717, 1.165) is 11.3 Å². The number of rotatable bonds is 3. The third-order valence-corrected chi connectivity index (χ3v) is 6.86. The lowest BCUT2D eigenvalue weighted by molar-refractivity contribution is 0.434. The first-order valence-corrected chi connectivity index (χ1v) is 10.9. The van der Waals surface area contributed by atoms with E-state index >= 15 is 0 Å². The van der Waals surface area contributed by atoms with Crippen molar-refractivity contribution in [2.75, 3.05) is 0 Å². The molecule has 0 aliphatic heterocycles. The third kappa shape index (κ3) is 3.94. The molecule has 1 radical (unpaired) electrons. The molecule has 2 aliphatic carbocycles. The largest absolute Gasteiger partial charge is 0.256 e. The Bertz CT molecular complexity index is 759. The Kier molecular flexibility index (Phi) is 5.86. The molecule has 0 N–H and O–H groups in total. The maximum atomic E-state index is 6.28. The average molecular weight is 387 g/mol. The molecule has 2 fully saturated rings. The first kappa shape index (κ1) is 18.3. The Morgan fingerprint density at radius 1 is 0.808 bits per heavy atom. The van der Waals surface area contributed by atoms with Crippen molar-refractivity contribution in [3.8, 4) is 11.3 Å². The molecule has 1 heterocycles. The van der Waals surface area contributed by atoms with Gasteiger partial charge in [-0.1, -0.05) is 67.8 Å². The molecule has 0 saturated heterocycles.